The topological polar surface area (TPSA) is 109 Å². The van der Waals surface area contributed by atoms with Crippen molar-refractivity contribution in [2.45, 2.75) is 13.5 Å². The molecule has 1 N–H and O–H groups in total. The normalized spacial score (nSPS) is 12.2. The molecule has 7 nitrogen and oxygen atoms in total. The molecule has 1 aromatic heterocycles. The van der Waals surface area contributed by atoms with Crippen LogP contribution in [0.5, 0.6) is 0 Å². The first-order valence-electron chi connectivity index (χ1n) is 7.90. The molecule has 0 aliphatic heterocycles. The Morgan fingerprint density at radius 1 is 1.37 bits per heavy atom. The van der Waals surface area contributed by atoms with E-state index in [2.05, 4.69) is 6.58 Å². The Labute approximate surface area is 158 Å². The molecule has 2 rings (SSSR count). The van der Waals surface area contributed by atoms with E-state index >= 15 is 0 Å². The van der Waals surface area contributed by atoms with Gasteiger partial charge in [0.05, 0.1) is 10.1 Å². The van der Waals surface area contributed by atoms with Gasteiger partial charge in [-0.3, -0.25) is 9.36 Å². The molecule has 0 aliphatic carbocycles. The highest BCUT2D eigenvalue weighted by molar-refractivity contribution is 7.07. The first kappa shape index (κ1) is 19.9. The largest absolute Gasteiger partial charge is 0.478 e. The number of carbonyl (C=O) groups excluding carboxylic acids is 1. The predicted molar refractivity (Wildman–Crippen MR) is 101 cm³/mol. The van der Waals surface area contributed by atoms with Gasteiger partial charge >= 0.3 is 11.9 Å². The molecule has 0 unspecified atom stereocenters. The highest BCUT2D eigenvalue weighted by Crippen LogP contribution is 2.05. The molecule has 0 spiro atoms. The van der Waals surface area contributed by atoms with E-state index in [4.69, 9.17) is 9.84 Å². The van der Waals surface area contributed by atoms with Crippen LogP contribution in [-0.2, 0) is 16.1 Å². The lowest BCUT2D eigenvalue weighted by molar-refractivity contribution is -0.135. The number of rotatable bonds is 6. The number of hydrogen-bond acceptors (Lipinski definition) is 6. The van der Waals surface area contributed by atoms with Gasteiger partial charge in [-0.25, -0.2) is 9.59 Å². The van der Waals surface area contributed by atoms with Crippen molar-refractivity contribution in [1.82, 2.24) is 4.57 Å². The van der Waals surface area contributed by atoms with Crippen LogP contribution < -0.4 is 14.8 Å². The molecule has 1 heterocycles. The van der Waals surface area contributed by atoms with Crippen molar-refractivity contribution in [1.29, 1.82) is 5.26 Å². The molecule has 0 aliphatic rings. The number of carbonyl (C=O) groups is 2. The van der Waals surface area contributed by atoms with Gasteiger partial charge < -0.3 is 9.84 Å². The SMILES string of the molecule is C=CCOC(=O)/C(C#N)=c1\sc(=Cc2ccc(C(=O)O)cc2)c(=O)n1CC. The van der Waals surface area contributed by atoms with Gasteiger partial charge in [-0.05, 0) is 30.7 Å². The first-order valence-corrected chi connectivity index (χ1v) is 8.71. The number of hydrogen-bond donors (Lipinski definition) is 1. The van der Waals surface area contributed by atoms with Crippen molar-refractivity contribution in [3.8, 4) is 6.07 Å². The van der Waals surface area contributed by atoms with Crippen LogP contribution in [0.4, 0.5) is 0 Å². The van der Waals surface area contributed by atoms with E-state index < -0.39 is 11.9 Å². The standard InChI is InChI=1S/C19H16N2O5S/c1-3-9-26-19(25)14(11-20)17-21(4-2)16(22)15(27-17)10-12-5-7-13(8-6-12)18(23)24/h3,5-8,10H,1,4,9H2,2H3,(H,23,24)/b15-10?,17-14-. The second-order valence-corrected chi connectivity index (χ2v) is 6.30. The van der Waals surface area contributed by atoms with Crippen molar-refractivity contribution < 1.29 is 19.4 Å². The molecule has 0 atom stereocenters. The van der Waals surface area contributed by atoms with E-state index in [0.29, 0.717) is 10.1 Å². The maximum Gasteiger partial charge on any atom is 0.352 e. The zero-order valence-electron chi connectivity index (χ0n) is 14.5. The summed E-state index contributed by atoms with van der Waals surface area (Å²) in [4.78, 5) is 35.6. The van der Waals surface area contributed by atoms with Crippen molar-refractivity contribution in [2.75, 3.05) is 6.61 Å². The lowest BCUT2D eigenvalue weighted by Crippen LogP contribution is -2.32. The highest BCUT2D eigenvalue weighted by Gasteiger charge is 2.16. The maximum absolute atomic E-state index is 12.6. The molecular formula is C19H16N2O5S. The second-order valence-electron chi connectivity index (χ2n) is 5.27. The fraction of sp³-hybridized carbons (Fsp3) is 0.158. The van der Waals surface area contributed by atoms with Gasteiger partial charge in [0.25, 0.3) is 5.56 Å². The third-order valence-electron chi connectivity index (χ3n) is 3.54. The van der Waals surface area contributed by atoms with Crippen LogP contribution in [0.3, 0.4) is 0 Å². The Morgan fingerprint density at radius 3 is 2.56 bits per heavy atom. The van der Waals surface area contributed by atoms with Crippen LogP contribution in [-0.4, -0.2) is 28.2 Å². The molecule has 0 fully saturated rings. The summed E-state index contributed by atoms with van der Waals surface area (Å²) in [6.07, 6.45) is 2.96. The van der Waals surface area contributed by atoms with E-state index in [9.17, 15) is 19.6 Å². The Hall–Kier alpha value is -3.44. The molecule has 1 aromatic carbocycles. The third kappa shape index (κ3) is 4.40. The van der Waals surface area contributed by atoms with E-state index in [0.717, 1.165) is 11.3 Å². The molecule has 2 aromatic rings. The van der Waals surface area contributed by atoms with Gasteiger partial charge in [-0.15, -0.1) is 11.3 Å². The van der Waals surface area contributed by atoms with Crippen molar-refractivity contribution >= 4 is 34.9 Å². The smallest absolute Gasteiger partial charge is 0.352 e. The Morgan fingerprint density at radius 2 is 2.04 bits per heavy atom. The summed E-state index contributed by atoms with van der Waals surface area (Å²) in [5, 5.41) is 18.3. The lowest BCUT2D eigenvalue weighted by atomic mass is 10.1. The van der Waals surface area contributed by atoms with E-state index in [1.165, 1.54) is 22.8 Å². The number of esters is 1. The summed E-state index contributed by atoms with van der Waals surface area (Å²) >= 11 is 1.00. The molecular weight excluding hydrogens is 368 g/mol. The number of nitrogens with zero attached hydrogens (tertiary/aromatic N) is 2. The maximum atomic E-state index is 12.6. The second kappa shape index (κ2) is 8.78. The first-order chi connectivity index (χ1) is 12.9. The van der Waals surface area contributed by atoms with Crippen LogP contribution in [0.25, 0.3) is 11.6 Å². The highest BCUT2D eigenvalue weighted by atomic mass is 32.1. The van der Waals surface area contributed by atoms with E-state index in [1.54, 1.807) is 31.2 Å². The summed E-state index contributed by atoms with van der Waals surface area (Å²) in [5.41, 5.74) is 0.168. The fourth-order valence-corrected chi connectivity index (χ4v) is 3.41. The molecule has 0 bridgehead atoms. The predicted octanol–water partition coefficient (Wildman–Crippen LogP) is 0.860. The summed E-state index contributed by atoms with van der Waals surface area (Å²) in [6, 6.07) is 7.82. The zero-order valence-corrected chi connectivity index (χ0v) is 15.3. The molecule has 27 heavy (non-hydrogen) atoms. The van der Waals surface area contributed by atoms with Crippen LogP contribution in [0.1, 0.15) is 22.8 Å². The summed E-state index contributed by atoms with van der Waals surface area (Å²) in [6.45, 7) is 5.41. The Balaban J connectivity index is 2.64. The minimum Gasteiger partial charge on any atom is -0.478 e. The van der Waals surface area contributed by atoms with Crippen molar-refractivity contribution in [3.05, 3.63) is 67.6 Å². The monoisotopic (exact) mass is 384 g/mol. The Bertz CT molecular complexity index is 1100. The summed E-state index contributed by atoms with van der Waals surface area (Å²) in [7, 11) is 0. The Kier molecular flexibility index (Phi) is 6.46. The fourth-order valence-electron chi connectivity index (χ4n) is 2.25. The molecule has 0 saturated heterocycles. The molecule has 138 valence electrons. The molecule has 8 heteroatoms. The van der Waals surface area contributed by atoms with Crippen LogP contribution >= 0.6 is 11.3 Å². The molecule has 0 radical (unpaired) electrons. The van der Waals surface area contributed by atoms with Crippen LogP contribution in [0, 0.1) is 11.3 Å². The van der Waals surface area contributed by atoms with Gasteiger partial charge in [-0.1, -0.05) is 24.8 Å². The van der Waals surface area contributed by atoms with Crippen LogP contribution in [0.2, 0.25) is 0 Å². The van der Waals surface area contributed by atoms with Crippen LogP contribution in [0.15, 0.2) is 41.7 Å². The van der Waals surface area contributed by atoms with Gasteiger partial charge in [0.2, 0.25) is 0 Å². The minimum absolute atomic E-state index is 0.0410. The molecule has 0 amide bonds. The minimum atomic E-state index is -1.04. The summed E-state index contributed by atoms with van der Waals surface area (Å²) in [5.74, 6) is -1.86. The van der Waals surface area contributed by atoms with Crippen molar-refractivity contribution in [3.63, 3.8) is 0 Å². The number of benzene rings is 1. The number of aromatic nitrogens is 1. The quantitative estimate of drug-likeness (QED) is 0.584. The zero-order chi connectivity index (χ0) is 20.0. The third-order valence-corrected chi connectivity index (χ3v) is 4.67. The van der Waals surface area contributed by atoms with Crippen molar-refractivity contribution in [2.24, 2.45) is 0 Å². The number of aromatic carboxylic acids is 1. The summed E-state index contributed by atoms with van der Waals surface area (Å²) < 4.78 is 6.77. The number of ether oxygens (including phenoxy) is 1. The molecule has 0 saturated carbocycles. The van der Waals surface area contributed by atoms with Gasteiger partial charge in [-0.2, -0.15) is 5.26 Å². The van der Waals surface area contributed by atoms with E-state index in [1.807, 2.05) is 0 Å². The van der Waals surface area contributed by atoms with Gasteiger partial charge in [0.1, 0.15) is 17.3 Å². The lowest BCUT2D eigenvalue weighted by Gasteiger charge is -2.00. The number of thiazole rings is 1. The average molecular weight is 384 g/mol. The number of nitriles is 1. The number of carboxylic acid groups (broad SMARTS) is 1. The number of carboxylic acids is 1. The van der Waals surface area contributed by atoms with Gasteiger partial charge in [0, 0.05) is 6.54 Å². The average Bonchev–Trinajstić information content (AvgIpc) is 2.96. The van der Waals surface area contributed by atoms with Gasteiger partial charge in [0.15, 0.2) is 5.57 Å². The van der Waals surface area contributed by atoms with E-state index in [-0.39, 0.29) is 34.5 Å².